The Morgan fingerprint density at radius 1 is 1.37 bits per heavy atom. The number of hydrogen-bond donors (Lipinski definition) is 1. The Hall–Kier alpha value is -2.30. The molecular formula is C14H15N3O2. The summed E-state index contributed by atoms with van der Waals surface area (Å²) in [7, 11) is 0. The van der Waals surface area contributed by atoms with Gasteiger partial charge in [0.1, 0.15) is 6.10 Å². The number of benzene rings is 1. The Labute approximate surface area is 111 Å². The molecule has 0 amide bonds. The van der Waals surface area contributed by atoms with Crippen LogP contribution >= 0.6 is 0 Å². The third kappa shape index (κ3) is 2.45. The molecule has 1 aromatic carbocycles. The topological polar surface area (TPSA) is 70.1 Å². The molecule has 98 valence electrons. The van der Waals surface area contributed by atoms with Gasteiger partial charge in [-0.25, -0.2) is 9.48 Å². The number of carbonyl (C=O) groups is 1. The average Bonchev–Trinajstić information content (AvgIpc) is 2.83. The largest absolute Gasteiger partial charge is 0.458 e. The van der Waals surface area contributed by atoms with Crippen molar-refractivity contribution in [3.63, 3.8) is 0 Å². The lowest BCUT2D eigenvalue weighted by Gasteiger charge is -2.24. The van der Waals surface area contributed by atoms with Crippen molar-refractivity contribution in [1.82, 2.24) is 9.78 Å². The summed E-state index contributed by atoms with van der Waals surface area (Å²) in [5, 5.41) is 4.22. The van der Waals surface area contributed by atoms with E-state index in [0.717, 1.165) is 24.9 Å². The van der Waals surface area contributed by atoms with Crippen LogP contribution < -0.4 is 5.73 Å². The van der Waals surface area contributed by atoms with Crippen LogP contribution in [-0.4, -0.2) is 21.9 Å². The number of nitrogens with two attached hydrogens (primary N) is 1. The molecule has 1 saturated carbocycles. The quantitative estimate of drug-likeness (QED) is 0.675. The number of carbonyl (C=O) groups excluding carboxylic acids is 1. The van der Waals surface area contributed by atoms with Crippen LogP contribution in [0.4, 0.5) is 5.69 Å². The van der Waals surface area contributed by atoms with Crippen molar-refractivity contribution >= 4 is 11.7 Å². The maximum absolute atomic E-state index is 11.8. The molecular weight excluding hydrogens is 242 g/mol. The minimum atomic E-state index is -0.354. The highest BCUT2D eigenvalue weighted by Crippen LogP contribution is 2.23. The number of nitrogens with zero attached hydrogens (tertiary/aromatic N) is 2. The van der Waals surface area contributed by atoms with E-state index < -0.39 is 0 Å². The highest BCUT2D eigenvalue weighted by molar-refractivity contribution is 5.87. The molecule has 19 heavy (non-hydrogen) atoms. The summed E-state index contributed by atoms with van der Waals surface area (Å²) in [5.74, 6) is -0.354. The molecule has 5 heteroatoms. The summed E-state index contributed by atoms with van der Waals surface area (Å²) in [6, 6.07) is 8.99. The molecule has 1 aliphatic carbocycles. The molecule has 0 spiro atoms. The van der Waals surface area contributed by atoms with Crippen LogP contribution in [0, 0.1) is 0 Å². The average molecular weight is 257 g/mol. The zero-order valence-electron chi connectivity index (χ0n) is 10.5. The van der Waals surface area contributed by atoms with Crippen LogP contribution in [0.25, 0.3) is 5.69 Å². The van der Waals surface area contributed by atoms with Crippen LogP contribution in [-0.2, 0) is 4.74 Å². The van der Waals surface area contributed by atoms with Gasteiger partial charge in [-0.1, -0.05) is 6.07 Å². The van der Waals surface area contributed by atoms with Gasteiger partial charge in [0.2, 0.25) is 0 Å². The van der Waals surface area contributed by atoms with Crippen LogP contribution in [0.2, 0.25) is 0 Å². The lowest BCUT2D eigenvalue weighted by atomic mass is 9.96. The first-order chi connectivity index (χ1) is 9.22. The van der Waals surface area contributed by atoms with E-state index in [1.165, 1.54) is 0 Å². The molecule has 1 heterocycles. The van der Waals surface area contributed by atoms with Crippen molar-refractivity contribution in [3.05, 3.63) is 42.2 Å². The van der Waals surface area contributed by atoms with Crippen molar-refractivity contribution in [2.75, 3.05) is 5.73 Å². The zero-order valence-corrected chi connectivity index (χ0v) is 10.5. The molecule has 1 fully saturated rings. The Bertz CT molecular complexity index is 602. The van der Waals surface area contributed by atoms with Crippen LogP contribution in [0.1, 0.15) is 29.8 Å². The van der Waals surface area contributed by atoms with Gasteiger partial charge in [0.15, 0.2) is 5.69 Å². The maximum atomic E-state index is 11.8. The molecule has 0 saturated heterocycles. The molecule has 1 aromatic heterocycles. The molecule has 0 unspecified atom stereocenters. The van der Waals surface area contributed by atoms with E-state index in [-0.39, 0.29) is 12.1 Å². The Morgan fingerprint density at radius 3 is 2.89 bits per heavy atom. The highest BCUT2D eigenvalue weighted by atomic mass is 16.5. The number of rotatable bonds is 3. The molecule has 2 N–H and O–H groups in total. The first-order valence-electron chi connectivity index (χ1n) is 6.35. The maximum Gasteiger partial charge on any atom is 0.359 e. The summed E-state index contributed by atoms with van der Waals surface area (Å²) in [6.45, 7) is 0. The second kappa shape index (κ2) is 4.76. The van der Waals surface area contributed by atoms with E-state index in [1.54, 1.807) is 29.1 Å². The van der Waals surface area contributed by atoms with Gasteiger partial charge in [0, 0.05) is 11.9 Å². The first kappa shape index (κ1) is 11.8. The number of esters is 1. The zero-order chi connectivity index (χ0) is 13.2. The summed E-state index contributed by atoms with van der Waals surface area (Å²) in [6.07, 6.45) is 4.86. The predicted octanol–water partition coefficient (Wildman–Crippen LogP) is 2.16. The van der Waals surface area contributed by atoms with Gasteiger partial charge in [0.05, 0.1) is 5.69 Å². The van der Waals surface area contributed by atoms with Crippen LogP contribution in [0.5, 0.6) is 0 Å². The van der Waals surface area contributed by atoms with Gasteiger partial charge in [-0.2, -0.15) is 5.10 Å². The van der Waals surface area contributed by atoms with E-state index in [4.69, 9.17) is 10.5 Å². The normalized spacial score (nSPS) is 14.9. The Balaban J connectivity index is 1.77. The van der Waals surface area contributed by atoms with Crippen molar-refractivity contribution in [3.8, 4) is 5.69 Å². The molecule has 0 radical (unpaired) electrons. The van der Waals surface area contributed by atoms with E-state index in [2.05, 4.69) is 5.10 Å². The fourth-order valence-corrected chi connectivity index (χ4v) is 1.94. The third-order valence-corrected chi connectivity index (χ3v) is 3.26. The molecule has 3 rings (SSSR count). The molecule has 0 atom stereocenters. The van der Waals surface area contributed by atoms with Crippen molar-refractivity contribution < 1.29 is 9.53 Å². The van der Waals surface area contributed by atoms with Crippen molar-refractivity contribution in [2.24, 2.45) is 0 Å². The second-order valence-electron chi connectivity index (χ2n) is 4.70. The molecule has 2 aromatic rings. The minimum absolute atomic E-state index is 0.0741. The van der Waals surface area contributed by atoms with E-state index in [1.807, 2.05) is 12.1 Å². The smallest absolute Gasteiger partial charge is 0.359 e. The number of nitrogen functional groups attached to an aromatic ring is 1. The summed E-state index contributed by atoms with van der Waals surface area (Å²) < 4.78 is 6.92. The number of hydrogen-bond acceptors (Lipinski definition) is 4. The number of aromatic nitrogens is 2. The van der Waals surface area contributed by atoms with Crippen LogP contribution in [0.3, 0.4) is 0 Å². The van der Waals surface area contributed by atoms with Crippen molar-refractivity contribution in [2.45, 2.75) is 25.4 Å². The fraction of sp³-hybridized carbons (Fsp3) is 0.286. The van der Waals surface area contributed by atoms with Gasteiger partial charge in [0.25, 0.3) is 0 Å². The minimum Gasteiger partial charge on any atom is -0.458 e. The Morgan fingerprint density at radius 2 is 2.21 bits per heavy atom. The van der Waals surface area contributed by atoms with E-state index in [9.17, 15) is 4.79 Å². The fourth-order valence-electron chi connectivity index (χ4n) is 1.94. The standard InChI is InChI=1S/C14H15N3O2/c15-10-3-1-4-11(9-10)17-8-7-13(16-17)14(18)19-12-5-2-6-12/h1,3-4,7-9,12H,2,5-6,15H2. The number of ether oxygens (including phenoxy) is 1. The second-order valence-corrected chi connectivity index (χ2v) is 4.70. The summed E-state index contributed by atoms with van der Waals surface area (Å²) in [5.41, 5.74) is 7.53. The highest BCUT2D eigenvalue weighted by Gasteiger charge is 2.23. The van der Waals surface area contributed by atoms with Gasteiger partial charge >= 0.3 is 5.97 Å². The molecule has 5 nitrogen and oxygen atoms in total. The lowest BCUT2D eigenvalue weighted by Crippen LogP contribution is -2.25. The van der Waals surface area contributed by atoms with Gasteiger partial charge in [-0.15, -0.1) is 0 Å². The van der Waals surface area contributed by atoms with E-state index in [0.29, 0.717) is 11.4 Å². The van der Waals surface area contributed by atoms with Gasteiger partial charge < -0.3 is 10.5 Å². The molecule has 1 aliphatic rings. The molecule has 0 bridgehead atoms. The van der Waals surface area contributed by atoms with Crippen molar-refractivity contribution in [1.29, 1.82) is 0 Å². The number of anilines is 1. The van der Waals surface area contributed by atoms with E-state index >= 15 is 0 Å². The van der Waals surface area contributed by atoms with Gasteiger partial charge in [-0.3, -0.25) is 0 Å². The lowest BCUT2D eigenvalue weighted by molar-refractivity contribution is 0.00832. The predicted molar refractivity (Wildman–Crippen MR) is 71.0 cm³/mol. The summed E-state index contributed by atoms with van der Waals surface area (Å²) >= 11 is 0. The Kier molecular flexibility index (Phi) is 2.95. The SMILES string of the molecule is Nc1cccc(-n2ccc(C(=O)OC3CCC3)n2)c1. The third-order valence-electron chi connectivity index (χ3n) is 3.26. The molecule has 0 aliphatic heterocycles. The summed E-state index contributed by atoms with van der Waals surface area (Å²) in [4.78, 5) is 11.8. The van der Waals surface area contributed by atoms with Gasteiger partial charge in [-0.05, 0) is 43.5 Å². The van der Waals surface area contributed by atoms with Crippen LogP contribution in [0.15, 0.2) is 36.5 Å². The monoisotopic (exact) mass is 257 g/mol. The first-order valence-corrected chi connectivity index (χ1v) is 6.35.